The Hall–Kier alpha value is -2.04. The zero-order valence-electron chi connectivity index (χ0n) is 13.7. The SMILES string of the molecule is CCCCCCNC(N)=NCc1cccc(C(=O)NCC)c1. The number of carbonyl (C=O) groups excluding carboxylic acids is 1. The van der Waals surface area contributed by atoms with Crippen LogP contribution in [0.4, 0.5) is 0 Å². The molecule has 22 heavy (non-hydrogen) atoms. The van der Waals surface area contributed by atoms with Crippen molar-refractivity contribution in [3.05, 3.63) is 35.4 Å². The maximum absolute atomic E-state index is 11.8. The van der Waals surface area contributed by atoms with Gasteiger partial charge in [-0.15, -0.1) is 0 Å². The van der Waals surface area contributed by atoms with Crippen LogP contribution in [0.1, 0.15) is 55.5 Å². The van der Waals surface area contributed by atoms with Crippen molar-refractivity contribution in [1.29, 1.82) is 0 Å². The third-order valence-corrected chi connectivity index (χ3v) is 3.29. The van der Waals surface area contributed by atoms with Gasteiger partial charge in [-0.05, 0) is 31.0 Å². The molecule has 1 rings (SSSR count). The largest absolute Gasteiger partial charge is 0.370 e. The molecule has 1 aromatic rings. The predicted molar refractivity (Wildman–Crippen MR) is 91.9 cm³/mol. The summed E-state index contributed by atoms with van der Waals surface area (Å²) in [7, 11) is 0. The lowest BCUT2D eigenvalue weighted by molar-refractivity contribution is 0.0955. The number of hydrogen-bond donors (Lipinski definition) is 3. The fraction of sp³-hybridized carbons (Fsp3) is 0.529. The first kappa shape index (κ1) is 18.0. The second kappa shape index (κ2) is 10.7. The minimum atomic E-state index is -0.0599. The number of aliphatic imine (C=N–C) groups is 1. The van der Waals surface area contributed by atoms with Gasteiger partial charge in [0.2, 0.25) is 0 Å². The van der Waals surface area contributed by atoms with Gasteiger partial charge in [-0.3, -0.25) is 4.79 Å². The number of nitrogens with zero attached hydrogens (tertiary/aromatic N) is 1. The monoisotopic (exact) mass is 304 g/mol. The number of nitrogens with one attached hydrogen (secondary N) is 2. The molecule has 0 saturated heterocycles. The van der Waals surface area contributed by atoms with E-state index in [1.807, 2.05) is 25.1 Å². The van der Waals surface area contributed by atoms with Gasteiger partial charge >= 0.3 is 0 Å². The van der Waals surface area contributed by atoms with E-state index in [0.29, 0.717) is 24.6 Å². The van der Waals surface area contributed by atoms with E-state index in [-0.39, 0.29) is 5.91 Å². The summed E-state index contributed by atoms with van der Waals surface area (Å²) >= 11 is 0. The lowest BCUT2D eigenvalue weighted by Gasteiger charge is -2.06. The molecule has 0 spiro atoms. The van der Waals surface area contributed by atoms with Crippen LogP contribution in [0.2, 0.25) is 0 Å². The first-order chi connectivity index (χ1) is 10.7. The van der Waals surface area contributed by atoms with Crippen molar-refractivity contribution < 1.29 is 4.79 Å². The molecule has 5 heteroatoms. The van der Waals surface area contributed by atoms with Crippen LogP contribution in [-0.2, 0) is 6.54 Å². The number of amides is 1. The molecule has 122 valence electrons. The minimum absolute atomic E-state index is 0.0599. The molecule has 0 radical (unpaired) electrons. The first-order valence-electron chi connectivity index (χ1n) is 8.08. The summed E-state index contributed by atoms with van der Waals surface area (Å²) in [5.41, 5.74) is 7.47. The Morgan fingerprint density at radius 1 is 1.18 bits per heavy atom. The van der Waals surface area contributed by atoms with Crippen LogP contribution in [0, 0.1) is 0 Å². The van der Waals surface area contributed by atoms with Crippen LogP contribution in [-0.4, -0.2) is 25.0 Å². The average Bonchev–Trinajstić information content (AvgIpc) is 2.53. The van der Waals surface area contributed by atoms with E-state index in [4.69, 9.17) is 5.73 Å². The van der Waals surface area contributed by atoms with Crippen LogP contribution in [0.5, 0.6) is 0 Å². The molecule has 0 aliphatic carbocycles. The summed E-state index contributed by atoms with van der Waals surface area (Å²) < 4.78 is 0. The minimum Gasteiger partial charge on any atom is -0.370 e. The molecule has 1 amide bonds. The Morgan fingerprint density at radius 2 is 2.00 bits per heavy atom. The molecule has 0 aliphatic rings. The third kappa shape index (κ3) is 7.11. The first-order valence-corrected chi connectivity index (χ1v) is 8.08. The summed E-state index contributed by atoms with van der Waals surface area (Å²) in [4.78, 5) is 16.1. The summed E-state index contributed by atoms with van der Waals surface area (Å²) in [6, 6.07) is 7.46. The van der Waals surface area contributed by atoms with E-state index < -0.39 is 0 Å². The predicted octanol–water partition coefficient (Wildman–Crippen LogP) is 2.42. The molecule has 0 aliphatic heterocycles. The smallest absolute Gasteiger partial charge is 0.251 e. The van der Waals surface area contributed by atoms with Crippen molar-refractivity contribution in [1.82, 2.24) is 10.6 Å². The summed E-state index contributed by atoms with van der Waals surface area (Å²) in [5.74, 6) is 0.398. The average molecular weight is 304 g/mol. The summed E-state index contributed by atoms with van der Waals surface area (Å²) in [6.07, 6.45) is 4.80. The van der Waals surface area contributed by atoms with E-state index in [0.717, 1.165) is 18.5 Å². The van der Waals surface area contributed by atoms with Gasteiger partial charge in [-0.2, -0.15) is 0 Å². The molecule has 0 saturated carbocycles. The quantitative estimate of drug-likeness (QED) is 0.372. The van der Waals surface area contributed by atoms with Crippen molar-refractivity contribution >= 4 is 11.9 Å². The van der Waals surface area contributed by atoms with E-state index in [1.165, 1.54) is 19.3 Å². The van der Waals surface area contributed by atoms with E-state index in [1.54, 1.807) is 6.07 Å². The Morgan fingerprint density at radius 3 is 2.73 bits per heavy atom. The van der Waals surface area contributed by atoms with Crippen molar-refractivity contribution in [2.45, 2.75) is 46.1 Å². The van der Waals surface area contributed by atoms with Gasteiger partial charge in [-0.1, -0.05) is 38.3 Å². The van der Waals surface area contributed by atoms with Crippen molar-refractivity contribution in [3.63, 3.8) is 0 Å². The van der Waals surface area contributed by atoms with Crippen LogP contribution in [0.25, 0.3) is 0 Å². The van der Waals surface area contributed by atoms with E-state index in [2.05, 4.69) is 22.5 Å². The number of nitrogens with two attached hydrogens (primary N) is 1. The van der Waals surface area contributed by atoms with Crippen LogP contribution in [0.15, 0.2) is 29.3 Å². The highest BCUT2D eigenvalue weighted by Crippen LogP contribution is 2.06. The Bertz CT molecular complexity index is 485. The topological polar surface area (TPSA) is 79.5 Å². The second-order valence-corrected chi connectivity index (χ2v) is 5.25. The highest BCUT2D eigenvalue weighted by atomic mass is 16.1. The van der Waals surface area contributed by atoms with E-state index in [9.17, 15) is 4.79 Å². The van der Waals surface area contributed by atoms with Gasteiger partial charge in [0.05, 0.1) is 6.54 Å². The van der Waals surface area contributed by atoms with Crippen LogP contribution >= 0.6 is 0 Å². The fourth-order valence-electron chi connectivity index (χ4n) is 2.07. The highest BCUT2D eigenvalue weighted by Gasteiger charge is 2.04. The number of unbranched alkanes of at least 4 members (excludes halogenated alkanes) is 3. The van der Waals surface area contributed by atoms with Gasteiger partial charge in [0.25, 0.3) is 5.91 Å². The number of carbonyl (C=O) groups is 1. The molecule has 0 bridgehead atoms. The van der Waals surface area contributed by atoms with Gasteiger partial charge < -0.3 is 16.4 Å². The Balaban J connectivity index is 2.44. The van der Waals surface area contributed by atoms with Crippen molar-refractivity contribution in [3.8, 4) is 0 Å². The molecule has 1 aromatic carbocycles. The molecule has 5 nitrogen and oxygen atoms in total. The lowest BCUT2D eigenvalue weighted by Crippen LogP contribution is -2.32. The van der Waals surface area contributed by atoms with Crippen molar-refractivity contribution in [2.75, 3.05) is 13.1 Å². The van der Waals surface area contributed by atoms with Gasteiger partial charge in [0.1, 0.15) is 0 Å². The molecule has 0 aromatic heterocycles. The highest BCUT2D eigenvalue weighted by molar-refractivity contribution is 5.94. The lowest BCUT2D eigenvalue weighted by atomic mass is 10.1. The second-order valence-electron chi connectivity index (χ2n) is 5.25. The van der Waals surface area contributed by atoms with Gasteiger partial charge in [0.15, 0.2) is 5.96 Å². The maximum Gasteiger partial charge on any atom is 0.251 e. The molecule has 4 N–H and O–H groups in total. The summed E-state index contributed by atoms with van der Waals surface area (Å²) in [6.45, 7) is 6.04. The number of hydrogen-bond acceptors (Lipinski definition) is 2. The van der Waals surface area contributed by atoms with Gasteiger partial charge in [0, 0.05) is 18.7 Å². The molecule has 0 unspecified atom stereocenters. The molecular weight excluding hydrogens is 276 g/mol. The Labute approximate surface area is 133 Å². The van der Waals surface area contributed by atoms with Crippen LogP contribution in [0.3, 0.4) is 0 Å². The normalized spacial score (nSPS) is 11.3. The van der Waals surface area contributed by atoms with Gasteiger partial charge in [-0.25, -0.2) is 4.99 Å². The fourth-order valence-corrected chi connectivity index (χ4v) is 2.07. The molecular formula is C17H28N4O. The van der Waals surface area contributed by atoms with E-state index >= 15 is 0 Å². The third-order valence-electron chi connectivity index (χ3n) is 3.29. The molecule has 0 heterocycles. The summed E-state index contributed by atoms with van der Waals surface area (Å²) in [5, 5.41) is 5.90. The number of guanidine groups is 1. The van der Waals surface area contributed by atoms with Crippen LogP contribution < -0.4 is 16.4 Å². The molecule has 0 fully saturated rings. The number of benzene rings is 1. The molecule has 0 atom stereocenters. The zero-order chi connectivity index (χ0) is 16.2. The maximum atomic E-state index is 11.8. The zero-order valence-corrected chi connectivity index (χ0v) is 13.7. The Kier molecular flexibility index (Phi) is 8.72. The standard InChI is InChI=1S/C17H28N4O/c1-3-5-6-7-11-20-17(18)21-13-14-9-8-10-15(12-14)16(22)19-4-2/h8-10,12H,3-7,11,13H2,1-2H3,(H,19,22)(H3,18,20,21). The van der Waals surface area contributed by atoms with Crippen molar-refractivity contribution in [2.24, 2.45) is 10.7 Å². The number of rotatable bonds is 9.